The molecule has 5 rings (SSSR count). The Morgan fingerprint density at radius 2 is 1.64 bits per heavy atom. The third kappa shape index (κ3) is 4.08. The van der Waals surface area contributed by atoms with Gasteiger partial charge in [-0.1, -0.05) is 30.3 Å². The zero-order chi connectivity index (χ0) is 23.1. The van der Waals surface area contributed by atoms with Crippen LogP contribution in [0.3, 0.4) is 0 Å². The predicted octanol–water partition coefficient (Wildman–Crippen LogP) is 3.13. The van der Waals surface area contributed by atoms with Gasteiger partial charge >= 0.3 is 6.03 Å². The number of anilines is 2. The minimum Gasteiger partial charge on any atom is -0.354 e. The van der Waals surface area contributed by atoms with Gasteiger partial charge in [-0.2, -0.15) is 0 Å². The van der Waals surface area contributed by atoms with Gasteiger partial charge in [0.05, 0.1) is 24.0 Å². The molecule has 2 amide bonds. The summed E-state index contributed by atoms with van der Waals surface area (Å²) < 4.78 is 0. The summed E-state index contributed by atoms with van der Waals surface area (Å²) in [6.45, 7) is 4.80. The molecule has 2 aromatic rings. The highest BCUT2D eigenvalue weighted by molar-refractivity contribution is 5.95. The van der Waals surface area contributed by atoms with Gasteiger partial charge in [-0.25, -0.2) is 9.78 Å². The van der Waals surface area contributed by atoms with Crippen molar-refractivity contribution in [2.75, 3.05) is 63.7 Å². The van der Waals surface area contributed by atoms with E-state index < -0.39 is 0 Å². The van der Waals surface area contributed by atoms with Gasteiger partial charge in [0.1, 0.15) is 5.82 Å². The fourth-order valence-corrected chi connectivity index (χ4v) is 5.85. The Balaban J connectivity index is 1.28. The lowest BCUT2D eigenvalue weighted by Gasteiger charge is -2.48. The van der Waals surface area contributed by atoms with Crippen LogP contribution >= 0.6 is 0 Å². The van der Waals surface area contributed by atoms with E-state index in [1.165, 1.54) is 5.56 Å². The van der Waals surface area contributed by atoms with Crippen LogP contribution in [-0.2, 0) is 5.54 Å². The van der Waals surface area contributed by atoms with Gasteiger partial charge < -0.3 is 15.1 Å². The van der Waals surface area contributed by atoms with Crippen molar-refractivity contribution >= 4 is 17.5 Å². The summed E-state index contributed by atoms with van der Waals surface area (Å²) in [4.78, 5) is 26.6. The minimum atomic E-state index is -0.165. The Labute approximate surface area is 197 Å². The molecule has 1 aliphatic carbocycles. The monoisotopic (exact) mass is 448 g/mol. The SMILES string of the molecule is CN1CCN(c2ccc(N3CC4(CCC(c5ccccc5)(N(C)C)CC4)NC3=O)cn2)CC1. The number of aromatic nitrogens is 1. The molecule has 3 aliphatic rings. The van der Waals surface area contributed by atoms with E-state index in [0.29, 0.717) is 6.54 Å². The Morgan fingerprint density at radius 3 is 2.24 bits per heavy atom. The highest BCUT2D eigenvalue weighted by atomic mass is 16.2. The molecule has 1 N–H and O–H groups in total. The second kappa shape index (κ2) is 8.61. The molecule has 0 atom stereocenters. The molecule has 7 nitrogen and oxygen atoms in total. The summed E-state index contributed by atoms with van der Waals surface area (Å²) in [5.74, 6) is 0.998. The molecule has 2 aliphatic heterocycles. The normalized spacial score (nSPS) is 28.5. The molecular weight excluding hydrogens is 412 g/mol. The van der Waals surface area contributed by atoms with Gasteiger partial charge in [0.2, 0.25) is 0 Å². The van der Waals surface area contributed by atoms with E-state index in [0.717, 1.165) is 63.4 Å². The number of pyridine rings is 1. The summed E-state index contributed by atoms with van der Waals surface area (Å²) >= 11 is 0. The molecule has 1 saturated carbocycles. The van der Waals surface area contributed by atoms with Crippen molar-refractivity contribution < 1.29 is 4.79 Å². The van der Waals surface area contributed by atoms with Crippen molar-refractivity contribution in [1.29, 1.82) is 0 Å². The molecule has 7 heteroatoms. The molecule has 3 fully saturated rings. The van der Waals surface area contributed by atoms with Crippen LogP contribution in [0.4, 0.5) is 16.3 Å². The van der Waals surface area contributed by atoms with Gasteiger partial charge in [0.15, 0.2) is 0 Å². The van der Waals surface area contributed by atoms with E-state index in [4.69, 9.17) is 4.98 Å². The van der Waals surface area contributed by atoms with Crippen molar-refractivity contribution in [3.63, 3.8) is 0 Å². The molecule has 1 spiro atoms. The molecule has 176 valence electrons. The van der Waals surface area contributed by atoms with Crippen LogP contribution in [0.25, 0.3) is 0 Å². The van der Waals surface area contributed by atoms with Crippen molar-refractivity contribution in [1.82, 2.24) is 20.1 Å². The molecule has 2 saturated heterocycles. The second-order valence-corrected chi connectivity index (χ2v) is 10.3. The van der Waals surface area contributed by atoms with E-state index >= 15 is 0 Å². The average molecular weight is 449 g/mol. The zero-order valence-corrected chi connectivity index (χ0v) is 20.1. The van der Waals surface area contributed by atoms with Crippen LogP contribution in [0.2, 0.25) is 0 Å². The van der Waals surface area contributed by atoms with Crippen LogP contribution in [0, 0.1) is 0 Å². The number of hydrogen-bond donors (Lipinski definition) is 1. The van der Waals surface area contributed by atoms with Gasteiger partial charge in [-0.15, -0.1) is 0 Å². The summed E-state index contributed by atoms with van der Waals surface area (Å²) in [5.41, 5.74) is 2.11. The highest BCUT2D eigenvalue weighted by Crippen LogP contribution is 2.46. The first kappa shape index (κ1) is 22.2. The number of amides is 2. The number of carbonyl (C=O) groups excluding carboxylic acids is 1. The van der Waals surface area contributed by atoms with Crippen LogP contribution in [0.5, 0.6) is 0 Å². The fourth-order valence-electron chi connectivity index (χ4n) is 5.85. The standard InChI is InChI=1S/C26H36N6O/c1-29(2)26(21-7-5-4-6-8-21)13-11-25(12-14-26)20-32(24(33)28-25)22-9-10-23(27-19-22)31-17-15-30(3)16-18-31/h4-10,19H,11-18,20H2,1-3H3,(H,28,33). The highest BCUT2D eigenvalue weighted by Gasteiger charge is 2.50. The average Bonchev–Trinajstić information content (AvgIpc) is 3.16. The maximum Gasteiger partial charge on any atom is 0.322 e. The Morgan fingerprint density at radius 1 is 0.939 bits per heavy atom. The molecule has 33 heavy (non-hydrogen) atoms. The van der Waals surface area contributed by atoms with E-state index in [2.05, 4.69) is 83.6 Å². The van der Waals surface area contributed by atoms with Crippen LogP contribution in [0.1, 0.15) is 31.2 Å². The lowest BCUT2D eigenvalue weighted by atomic mass is 9.69. The van der Waals surface area contributed by atoms with Crippen molar-refractivity contribution in [3.8, 4) is 0 Å². The molecule has 0 bridgehead atoms. The lowest BCUT2D eigenvalue weighted by molar-refractivity contribution is 0.0658. The van der Waals surface area contributed by atoms with Crippen molar-refractivity contribution in [2.45, 2.75) is 36.8 Å². The fraction of sp³-hybridized carbons (Fsp3) is 0.538. The first-order valence-corrected chi connectivity index (χ1v) is 12.1. The second-order valence-electron chi connectivity index (χ2n) is 10.3. The number of rotatable bonds is 4. The van der Waals surface area contributed by atoms with E-state index in [1.807, 2.05) is 11.1 Å². The predicted molar refractivity (Wildman–Crippen MR) is 133 cm³/mol. The maximum atomic E-state index is 13.0. The largest absolute Gasteiger partial charge is 0.354 e. The lowest BCUT2D eigenvalue weighted by Crippen LogP contribution is -2.54. The molecule has 0 unspecified atom stereocenters. The molecule has 0 radical (unpaired) electrons. The number of hydrogen-bond acceptors (Lipinski definition) is 5. The molecule has 1 aromatic heterocycles. The quantitative estimate of drug-likeness (QED) is 0.779. The maximum absolute atomic E-state index is 13.0. The number of likely N-dealkylation sites (N-methyl/N-ethyl adjacent to an activating group) is 1. The molecule has 1 aromatic carbocycles. The van der Waals surface area contributed by atoms with E-state index in [1.54, 1.807) is 0 Å². The first-order chi connectivity index (χ1) is 15.9. The third-order valence-electron chi connectivity index (χ3n) is 8.15. The smallest absolute Gasteiger partial charge is 0.322 e. The number of benzene rings is 1. The number of nitrogens with zero attached hydrogens (tertiary/aromatic N) is 5. The third-order valence-corrected chi connectivity index (χ3v) is 8.15. The topological polar surface area (TPSA) is 55.0 Å². The van der Waals surface area contributed by atoms with E-state index in [-0.39, 0.29) is 17.1 Å². The number of nitrogens with one attached hydrogen (secondary N) is 1. The van der Waals surface area contributed by atoms with Crippen LogP contribution in [-0.4, -0.2) is 80.2 Å². The molecule has 3 heterocycles. The van der Waals surface area contributed by atoms with Gasteiger partial charge in [-0.3, -0.25) is 9.80 Å². The Hall–Kier alpha value is -2.64. The summed E-state index contributed by atoms with van der Waals surface area (Å²) in [5, 5.41) is 3.35. The van der Waals surface area contributed by atoms with Crippen molar-refractivity contribution in [3.05, 3.63) is 54.2 Å². The van der Waals surface area contributed by atoms with Crippen LogP contribution < -0.4 is 15.1 Å². The summed E-state index contributed by atoms with van der Waals surface area (Å²) in [6.07, 6.45) is 5.85. The Kier molecular flexibility index (Phi) is 5.79. The minimum absolute atomic E-state index is 0.00112. The first-order valence-electron chi connectivity index (χ1n) is 12.1. The van der Waals surface area contributed by atoms with Gasteiger partial charge in [0, 0.05) is 31.7 Å². The molecular formula is C26H36N6O. The van der Waals surface area contributed by atoms with E-state index in [9.17, 15) is 4.79 Å². The van der Waals surface area contributed by atoms with Crippen LogP contribution in [0.15, 0.2) is 48.7 Å². The Bertz CT molecular complexity index is 960. The summed E-state index contributed by atoms with van der Waals surface area (Å²) in [7, 11) is 6.51. The number of urea groups is 1. The van der Waals surface area contributed by atoms with Crippen molar-refractivity contribution in [2.24, 2.45) is 0 Å². The number of piperazine rings is 1. The zero-order valence-electron chi connectivity index (χ0n) is 20.1. The summed E-state index contributed by atoms with van der Waals surface area (Å²) in [6, 6.07) is 14.9. The van der Waals surface area contributed by atoms with Gasteiger partial charge in [0.25, 0.3) is 0 Å². The van der Waals surface area contributed by atoms with Gasteiger partial charge in [-0.05, 0) is 64.5 Å². The number of carbonyl (C=O) groups is 1.